The van der Waals surface area contributed by atoms with Gasteiger partial charge in [-0.3, -0.25) is 0 Å². The van der Waals surface area contributed by atoms with Crippen molar-refractivity contribution in [1.29, 1.82) is 0 Å². The van der Waals surface area contributed by atoms with Crippen molar-refractivity contribution in [2.45, 2.75) is 25.8 Å². The smallest absolute Gasteiger partial charge is 0.134 e. The van der Waals surface area contributed by atoms with Crippen LogP contribution < -0.4 is 10.6 Å². The Morgan fingerprint density at radius 3 is 2.44 bits per heavy atom. The molecule has 1 heterocycles. The van der Waals surface area contributed by atoms with Crippen molar-refractivity contribution in [3.8, 4) is 0 Å². The standard InChI is InChI=1S/C7H16N2/c1-7(6-8)9-4-2-3-5-9/h7H,2-6,8H2,1H3/p+2/t7-/m0/s1. The van der Waals surface area contributed by atoms with E-state index in [2.05, 4.69) is 12.7 Å². The Labute approximate surface area is 57.0 Å². The van der Waals surface area contributed by atoms with Gasteiger partial charge in [0.15, 0.2) is 0 Å². The van der Waals surface area contributed by atoms with Gasteiger partial charge in [-0.1, -0.05) is 0 Å². The van der Waals surface area contributed by atoms with Crippen LogP contribution in [0.3, 0.4) is 0 Å². The van der Waals surface area contributed by atoms with E-state index in [1.165, 1.54) is 25.9 Å². The van der Waals surface area contributed by atoms with Crippen molar-refractivity contribution < 1.29 is 10.6 Å². The van der Waals surface area contributed by atoms with Gasteiger partial charge >= 0.3 is 0 Å². The van der Waals surface area contributed by atoms with Gasteiger partial charge in [-0.15, -0.1) is 0 Å². The zero-order chi connectivity index (χ0) is 6.69. The molecule has 1 fully saturated rings. The molecule has 0 bridgehead atoms. The summed E-state index contributed by atoms with van der Waals surface area (Å²) in [4.78, 5) is 1.77. The summed E-state index contributed by atoms with van der Waals surface area (Å²) in [6.45, 7) is 6.16. The molecule has 0 radical (unpaired) electrons. The van der Waals surface area contributed by atoms with Crippen LogP contribution in [0.15, 0.2) is 0 Å². The first kappa shape index (κ1) is 7.03. The van der Waals surface area contributed by atoms with Crippen LogP contribution in [0.1, 0.15) is 19.8 Å². The molecule has 1 rings (SSSR count). The van der Waals surface area contributed by atoms with E-state index in [0.717, 1.165) is 12.6 Å². The summed E-state index contributed by atoms with van der Waals surface area (Å²) in [5.74, 6) is 0. The van der Waals surface area contributed by atoms with E-state index in [1.807, 2.05) is 0 Å². The average molecular weight is 130 g/mol. The first-order valence-electron chi connectivity index (χ1n) is 3.98. The molecular formula is C7H18N2+2. The topological polar surface area (TPSA) is 32.1 Å². The number of rotatable bonds is 2. The normalized spacial score (nSPS) is 24.7. The Morgan fingerprint density at radius 2 is 2.00 bits per heavy atom. The molecule has 0 aliphatic carbocycles. The first-order chi connectivity index (χ1) is 4.34. The SMILES string of the molecule is C[C@@H](C[NH3+])[NH+]1CCCC1. The summed E-state index contributed by atoms with van der Waals surface area (Å²) in [6, 6.07) is 0.799. The van der Waals surface area contributed by atoms with Gasteiger partial charge in [-0.05, 0) is 6.92 Å². The fourth-order valence-corrected chi connectivity index (χ4v) is 1.53. The summed E-state index contributed by atoms with van der Waals surface area (Å²) in [6.07, 6.45) is 2.86. The van der Waals surface area contributed by atoms with E-state index in [9.17, 15) is 0 Å². The van der Waals surface area contributed by atoms with Crippen LogP contribution >= 0.6 is 0 Å². The lowest BCUT2D eigenvalue weighted by Gasteiger charge is -2.16. The Hall–Kier alpha value is -0.0800. The van der Waals surface area contributed by atoms with Gasteiger partial charge in [0, 0.05) is 12.8 Å². The first-order valence-corrected chi connectivity index (χ1v) is 3.98. The number of hydrogen-bond donors (Lipinski definition) is 2. The maximum absolute atomic E-state index is 3.91. The summed E-state index contributed by atoms with van der Waals surface area (Å²) < 4.78 is 0. The average Bonchev–Trinajstić information content (AvgIpc) is 2.37. The third-order valence-electron chi connectivity index (χ3n) is 2.38. The lowest BCUT2D eigenvalue weighted by atomic mass is 10.3. The second-order valence-corrected chi connectivity index (χ2v) is 3.06. The lowest BCUT2D eigenvalue weighted by molar-refractivity contribution is -0.917. The van der Waals surface area contributed by atoms with Crippen LogP contribution in [0.5, 0.6) is 0 Å². The largest absolute Gasteiger partial charge is 0.353 e. The van der Waals surface area contributed by atoms with Crippen LogP contribution in [0.25, 0.3) is 0 Å². The fourth-order valence-electron chi connectivity index (χ4n) is 1.53. The van der Waals surface area contributed by atoms with Crippen molar-refractivity contribution in [3.05, 3.63) is 0 Å². The number of likely N-dealkylation sites (tertiary alicyclic amines) is 1. The van der Waals surface area contributed by atoms with E-state index in [-0.39, 0.29) is 0 Å². The Kier molecular flexibility index (Phi) is 2.49. The molecule has 2 nitrogen and oxygen atoms in total. The van der Waals surface area contributed by atoms with Crippen molar-refractivity contribution in [3.63, 3.8) is 0 Å². The van der Waals surface area contributed by atoms with Crippen LogP contribution in [0.2, 0.25) is 0 Å². The Bertz CT molecular complexity index is 77.0. The molecule has 0 aromatic carbocycles. The van der Waals surface area contributed by atoms with Gasteiger partial charge in [-0.25, -0.2) is 0 Å². The van der Waals surface area contributed by atoms with Gasteiger partial charge in [0.1, 0.15) is 12.6 Å². The van der Waals surface area contributed by atoms with Crippen LogP contribution in [0, 0.1) is 0 Å². The van der Waals surface area contributed by atoms with Crippen LogP contribution in [-0.2, 0) is 0 Å². The highest BCUT2D eigenvalue weighted by Gasteiger charge is 2.21. The molecule has 1 aliphatic heterocycles. The predicted molar refractivity (Wildman–Crippen MR) is 37.1 cm³/mol. The molecule has 0 unspecified atom stereocenters. The van der Waals surface area contributed by atoms with E-state index >= 15 is 0 Å². The zero-order valence-electron chi connectivity index (χ0n) is 6.32. The highest BCUT2D eigenvalue weighted by molar-refractivity contribution is 4.49. The highest BCUT2D eigenvalue weighted by atomic mass is 15.2. The second-order valence-electron chi connectivity index (χ2n) is 3.06. The van der Waals surface area contributed by atoms with Gasteiger partial charge in [-0.2, -0.15) is 0 Å². The molecule has 2 heteroatoms. The number of quaternary nitrogens is 2. The minimum Gasteiger partial charge on any atom is -0.353 e. The highest BCUT2D eigenvalue weighted by Crippen LogP contribution is 1.88. The summed E-state index contributed by atoms with van der Waals surface area (Å²) in [5, 5.41) is 0. The molecule has 0 aromatic rings. The molecule has 4 N–H and O–H groups in total. The maximum Gasteiger partial charge on any atom is 0.134 e. The molecule has 0 saturated carbocycles. The molecule has 9 heavy (non-hydrogen) atoms. The van der Waals surface area contributed by atoms with Gasteiger partial charge in [0.05, 0.1) is 13.1 Å². The summed E-state index contributed by atoms with van der Waals surface area (Å²) in [7, 11) is 0. The molecular weight excluding hydrogens is 112 g/mol. The van der Waals surface area contributed by atoms with Crippen LogP contribution in [0.4, 0.5) is 0 Å². The molecule has 1 atom stereocenters. The molecule has 54 valence electrons. The predicted octanol–water partition coefficient (Wildman–Crippen LogP) is -1.70. The van der Waals surface area contributed by atoms with Crippen molar-refractivity contribution in [2.75, 3.05) is 19.6 Å². The molecule has 1 saturated heterocycles. The number of hydrogen-bond acceptors (Lipinski definition) is 0. The van der Waals surface area contributed by atoms with Crippen molar-refractivity contribution in [2.24, 2.45) is 0 Å². The zero-order valence-corrected chi connectivity index (χ0v) is 6.32. The van der Waals surface area contributed by atoms with Crippen LogP contribution in [-0.4, -0.2) is 25.7 Å². The minimum absolute atomic E-state index is 0.799. The lowest BCUT2D eigenvalue weighted by Crippen LogP contribution is -3.15. The molecule has 0 spiro atoms. The van der Waals surface area contributed by atoms with E-state index in [4.69, 9.17) is 0 Å². The summed E-state index contributed by atoms with van der Waals surface area (Å²) in [5.41, 5.74) is 3.91. The molecule has 1 aliphatic rings. The van der Waals surface area contributed by atoms with Crippen molar-refractivity contribution >= 4 is 0 Å². The third kappa shape index (κ3) is 1.66. The van der Waals surface area contributed by atoms with Gasteiger partial charge < -0.3 is 10.6 Å². The van der Waals surface area contributed by atoms with Gasteiger partial charge in [0.2, 0.25) is 0 Å². The maximum atomic E-state index is 3.91. The summed E-state index contributed by atoms with van der Waals surface area (Å²) >= 11 is 0. The van der Waals surface area contributed by atoms with Crippen molar-refractivity contribution in [1.82, 2.24) is 0 Å². The quantitative estimate of drug-likeness (QED) is 0.446. The minimum atomic E-state index is 0.799. The fraction of sp³-hybridized carbons (Fsp3) is 1.00. The molecule has 0 amide bonds. The Morgan fingerprint density at radius 1 is 1.44 bits per heavy atom. The Balaban J connectivity index is 2.24. The van der Waals surface area contributed by atoms with E-state index < -0.39 is 0 Å². The third-order valence-corrected chi connectivity index (χ3v) is 2.38. The number of nitrogens with one attached hydrogen (secondary N) is 1. The monoisotopic (exact) mass is 130 g/mol. The van der Waals surface area contributed by atoms with E-state index in [0.29, 0.717) is 0 Å². The van der Waals surface area contributed by atoms with E-state index in [1.54, 1.807) is 4.90 Å². The second kappa shape index (κ2) is 3.18. The van der Waals surface area contributed by atoms with Gasteiger partial charge in [0.25, 0.3) is 0 Å². The molecule has 0 aromatic heterocycles.